The molecule has 1 amide bonds. The molecule has 3 aromatic carbocycles. The Kier molecular flexibility index (Phi) is 8.33. The number of rotatable bonds is 10. The van der Waals surface area contributed by atoms with Crippen LogP contribution in [0.2, 0.25) is 0 Å². The van der Waals surface area contributed by atoms with Gasteiger partial charge in [-0.2, -0.15) is 0 Å². The fourth-order valence-corrected chi connectivity index (χ4v) is 3.59. The van der Waals surface area contributed by atoms with Crippen LogP contribution >= 0.6 is 0 Å². The second kappa shape index (κ2) is 12.2. The number of hydrogen-bond donors (Lipinski definition) is 2. The van der Waals surface area contributed by atoms with Crippen molar-refractivity contribution in [2.45, 2.75) is 13.0 Å². The maximum absolute atomic E-state index is 13.3. The van der Waals surface area contributed by atoms with Gasteiger partial charge in [0.2, 0.25) is 6.10 Å². The minimum absolute atomic E-state index is 0.187. The minimum Gasteiger partial charge on any atom is -0.497 e. The molecule has 0 aliphatic heterocycles. The van der Waals surface area contributed by atoms with E-state index in [9.17, 15) is 9.59 Å². The molecule has 1 aromatic heterocycles. The van der Waals surface area contributed by atoms with E-state index in [4.69, 9.17) is 14.2 Å². The monoisotopic (exact) mass is 497 g/mol. The lowest BCUT2D eigenvalue weighted by molar-refractivity contribution is -0.125. The largest absolute Gasteiger partial charge is 0.497 e. The van der Waals surface area contributed by atoms with E-state index >= 15 is 0 Å². The first-order valence-electron chi connectivity index (χ1n) is 11.7. The zero-order valence-electron chi connectivity index (χ0n) is 20.5. The van der Waals surface area contributed by atoms with E-state index in [0.717, 1.165) is 5.75 Å². The van der Waals surface area contributed by atoms with Crippen molar-refractivity contribution in [1.29, 1.82) is 0 Å². The Morgan fingerprint density at radius 2 is 1.65 bits per heavy atom. The van der Waals surface area contributed by atoms with Gasteiger partial charge in [0.05, 0.1) is 13.7 Å². The summed E-state index contributed by atoms with van der Waals surface area (Å²) in [6.45, 7) is 2.48. The first-order valence-corrected chi connectivity index (χ1v) is 11.7. The lowest BCUT2D eigenvalue weighted by Crippen LogP contribution is -2.26. The summed E-state index contributed by atoms with van der Waals surface area (Å²) in [6, 6.07) is 26.3. The van der Waals surface area contributed by atoms with Gasteiger partial charge in [-0.3, -0.25) is 4.79 Å². The molecular weight excluding hydrogens is 470 g/mol. The molecule has 0 spiro atoms. The quantitative estimate of drug-likeness (QED) is 0.268. The number of benzene rings is 3. The highest BCUT2D eigenvalue weighted by atomic mass is 16.5. The Bertz CT molecular complexity index is 1340. The maximum atomic E-state index is 13.3. The zero-order valence-corrected chi connectivity index (χ0v) is 20.5. The molecule has 0 aliphatic rings. The maximum Gasteiger partial charge on any atom is 0.343 e. The number of hydrogen-bond acceptors (Lipinski definition) is 7. The Hall–Kier alpha value is -4.85. The molecule has 8 heteroatoms. The normalized spacial score (nSPS) is 11.2. The van der Waals surface area contributed by atoms with Crippen molar-refractivity contribution in [3.05, 3.63) is 108 Å². The molecule has 188 valence electrons. The number of nitrogens with one attached hydrogen (secondary N) is 2. The number of pyridine rings is 1. The summed E-state index contributed by atoms with van der Waals surface area (Å²) >= 11 is 0. The highest BCUT2D eigenvalue weighted by Crippen LogP contribution is 2.26. The molecule has 1 atom stereocenters. The second-order valence-corrected chi connectivity index (χ2v) is 7.90. The topological polar surface area (TPSA) is 98.8 Å². The van der Waals surface area contributed by atoms with Crippen LogP contribution in [0.15, 0.2) is 97.2 Å². The molecule has 0 bridgehead atoms. The van der Waals surface area contributed by atoms with Crippen molar-refractivity contribution in [1.82, 2.24) is 4.98 Å². The van der Waals surface area contributed by atoms with Gasteiger partial charge in [-0.15, -0.1) is 0 Å². The third-order valence-corrected chi connectivity index (χ3v) is 5.36. The molecule has 0 saturated carbocycles. The van der Waals surface area contributed by atoms with Crippen molar-refractivity contribution in [2.75, 3.05) is 24.4 Å². The zero-order chi connectivity index (χ0) is 26.0. The fraction of sp³-hybridized carbons (Fsp3) is 0.138. The van der Waals surface area contributed by atoms with Crippen molar-refractivity contribution >= 4 is 29.1 Å². The number of esters is 1. The number of ether oxygens (including phenoxy) is 3. The second-order valence-electron chi connectivity index (χ2n) is 7.90. The molecule has 2 N–H and O–H groups in total. The summed E-state index contributed by atoms with van der Waals surface area (Å²) in [5, 5.41) is 5.94. The van der Waals surface area contributed by atoms with Gasteiger partial charge in [0.25, 0.3) is 5.91 Å². The van der Waals surface area contributed by atoms with Gasteiger partial charge in [-0.25, -0.2) is 9.78 Å². The first kappa shape index (κ1) is 25.2. The molecule has 0 fully saturated rings. The van der Waals surface area contributed by atoms with E-state index in [1.165, 1.54) is 0 Å². The van der Waals surface area contributed by atoms with Crippen LogP contribution in [0.4, 0.5) is 17.2 Å². The number of anilines is 3. The molecule has 8 nitrogen and oxygen atoms in total. The Labute approximate surface area is 215 Å². The van der Waals surface area contributed by atoms with Crippen LogP contribution in [0.25, 0.3) is 0 Å². The van der Waals surface area contributed by atoms with Crippen molar-refractivity contribution in [2.24, 2.45) is 0 Å². The van der Waals surface area contributed by atoms with Gasteiger partial charge < -0.3 is 24.8 Å². The predicted molar refractivity (Wildman–Crippen MR) is 141 cm³/mol. The van der Waals surface area contributed by atoms with Crippen LogP contribution in [0, 0.1) is 0 Å². The van der Waals surface area contributed by atoms with Crippen LogP contribution in [0.5, 0.6) is 11.5 Å². The van der Waals surface area contributed by atoms with E-state index in [-0.39, 0.29) is 5.56 Å². The minimum atomic E-state index is -1.20. The summed E-state index contributed by atoms with van der Waals surface area (Å²) in [5.74, 6) is 0.429. The van der Waals surface area contributed by atoms with Gasteiger partial charge in [-0.1, -0.05) is 36.4 Å². The van der Waals surface area contributed by atoms with E-state index in [2.05, 4.69) is 15.6 Å². The van der Waals surface area contributed by atoms with Gasteiger partial charge in [-0.05, 0) is 55.5 Å². The molecule has 0 aliphatic carbocycles. The molecule has 4 rings (SSSR count). The summed E-state index contributed by atoms with van der Waals surface area (Å²) in [6.07, 6.45) is 0.371. The van der Waals surface area contributed by atoms with Crippen LogP contribution in [0.1, 0.15) is 28.9 Å². The highest BCUT2D eigenvalue weighted by molar-refractivity contribution is 6.00. The number of methoxy groups -OCH3 is 1. The molecule has 1 unspecified atom stereocenters. The molecule has 0 radical (unpaired) electrons. The summed E-state index contributed by atoms with van der Waals surface area (Å²) in [4.78, 5) is 30.9. The average molecular weight is 498 g/mol. The summed E-state index contributed by atoms with van der Waals surface area (Å²) in [7, 11) is 1.54. The number of amides is 1. The van der Waals surface area contributed by atoms with E-state index < -0.39 is 18.0 Å². The molecule has 4 aromatic rings. The SMILES string of the molecule is CCOc1ccc(Nc2ncccc2C(=O)OC(C(=O)Nc2cccc(OC)c2)c2ccccc2)cc1. The lowest BCUT2D eigenvalue weighted by Gasteiger charge is -2.19. The molecular formula is C29H27N3O5. The van der Waals surface area contributed by atoms with Crippen molar-refractivity contribution in [3.8, 4) is 11.5 Å². The number of carbonyl (C=O) groups is 2. The van der Waals surface area contributed by atoms with Gasteiger partial charge >= 0.3 is 5.97 Å². The van der Waals surface area contributed by atoms with E-state index in [0.29, 0.717) is 35.1 Å². The molecule has 1 heterocycles. The number of aromatic nitrogens is 1. The summed E-state index contributed by atoms with van der Waals surface area (Å²) < 4.78 is 16.5. The Balaban J connectivity index is 1.56. The predicted octanol–water partition coefficient (Wildman–Crippen LogP) is 5.77. The Morgan fingerprint density at radius 1 is 0.865 bits per heavy atom. The van der Waals surface area contributed by atoms with Crippen molar-refractivity contribution < 1.29 is 23.8 Å². The average Bonchev–Trinajstić information content (AvgIpc) is 2.93. The van der Waals surface area contributed by atoms with Gasteiger partial charge in [0, 0.05) is 29.2 Å². The fourth-order valence-electron chi connectivity index (χ4n) is 3.59. The molecule has 0 saturated heterocycles. The van der Waals surface area contributed by atoms with Gasteiger partial charge in [0.15, 0.2) is 0 Å². The standard InChI is InChI=1S/C29H27N3O5/c1-3-36-23-16-14-21(15-17-23)31-27-25(13-8-18-30-27)29(34)37-26(20-9-5-4-6-10-20)28(33)32-22-11-7-12-24(19-22)35-2/h4-19,26H,3H2,1-2H3,(H,30,31)(H,32,33). The highest BCUT2D eigenvalue weighted by Gasteiger charge is 2.27. The summed E-state index contributed by atoms with van der Waals surface area (Å²) in [5.41, 5.74) is 1.94. The van der Waals surface area contributed by atoms with E-state index in [1.807, 2.05) is 37.3 Å². The van der Waals surface area contributed by atoms with Crippen molar-refractivity contribution in [3.63, 3.8) is 0 Å². The lowest BCUT2D eigenvalue weighted by atomic mass is 10.1. The van der Waals surface area contributed by atoms with Crippen LogP contribution in [-0.4, -0.2) is 30.6 Å². The van der Waals surface area contributed by atoms with Crippen LogP contribution < -0.4 is 20.1 Å². The number of nitrogens with zero attached hydrogens (tertiary/aromatic N) is 1. The third kappa shape index (κ3) is 6.64. The van der Waals surface area contributed by atoms with Crippen LogP contribution in [-0.2, 0) is 9.53 Å². The van der Waals surface area contributed by atoms with E-state index in [1.54, 1.807) is 74.0 Å². The smallest absolute Gasteiger partial charge is 0.343 e. The van der Waals surface area contributed by atoms with Crippen LogP contribution in [0.3, 0.4) is 0 Å². The molecule has 37 heavy (non-hydrogen) atoms. The van der Waals surface area contributed by atoms with Gasteiger partial charge in [0.1, 0.15) is 22.9 Å². The first-order chi connectivity index (χ1) is 18.1. The Morgan fingerprint density at radius 3 is 2.38 bits per heavy atom. The number of carbonyl (C=O) groups excluding carboxylic acids is 2. The third-order valence-electron chi connectivity index (χ3n) is 5.36.